The van der Waals surface area contributed by atoms with Crippen LogP contribution in [0.1, 0.15) is 16.7 Å². The van der Waals surface area contributed by atoms with Gasteiger partial charge in [-0.05, 0) is 12.6 Å². The van der Waals surface area contributed by atoms with Gasteiger partial charge in [-0.15, -0.1) is 23.6 Å². The van der Waals surface area contributed by atoms with Crippen molar-refractivity contribution in [2.45, 2.75) is 0 Å². The number of hydrogen-bond donors (Lipinski definition) is 3. The molecule has 4 N–H and O–H groups in total. The molecule has 1 aromatic carbocycles. The van der Waals surface area contributed by atoms with Crippen molar-refractivity contribution >= 4 is 18.5 Å². The maximum atomic E-state index is 12.1. The summed E-state index contributed by atoms with van der Waals surface area (Å²) in [6, 6.07) is 4.81. The molecular weight excluding hydrogens is 397 g/mol. The molecule has 150 valence electrons. The molecule has 0 bridgehead atoms. The van der Waals surface area contributed by atoms with Crippen molar-refractivity contribution in [1.82, 2.24) is 20.4 Å². The van der Waals surface area contributed by atoms with E-state index in [9.17, 15) is 14.4 Å². The van der Waals surface area contributed by atoms with Gasteiger partial charge in [-0.1, -0.05) is 5.92 Å². The van der Waals surface area contributed by atoms with Gasteiger partial charge in [-0.25, -0.2) is 11.6 Å². The Morgan fingerprint density at radius 2 is 1.83 bits per heavy atom. The maximum absolute atomic E-state index is 12.1. The number of nitrogens with one attached hydrogen (secondary N) is 2. The van der Waals surface area contributed by atoms with Crippen LogP contribution in [0, 0.1) is 11.8 Å². The van der Waals surface area contributed by atoms with Crippen LogP contribution >= 0.6 is 0 Å². The van der Waals surface area contributed by atoms with Crippen LogP contribution < -0.4 is 67.8 Å². The van der Waals surface area contributed by atoms with Crippen LogP contribution in [-0.2, 0) is 14.4 Å². The van der Waals surface area contributed by atoms with Crippen molar-refractivity contribution < 1.29 is 65.8 Å². The Balaban J connectivity index is 0.00000420. The Bertz CT molecular complexity index is 739. The maximum Gasteiger partial charge on any atom is 1.00 e. The number of nitrogens with zero attached hydrogens (tertiary/aromatic N) is 2. The van der Waals surface area contributed by atoms with E-state index in [1.165, 1.54) is 6.07 Å². The average molecular weight is 423 g/mol. The Morgan fingerprint density at radius 1 is 1.10 bits per heavy atom. The third kappa shape index (κ3) is 8.76. The number of nitrogens with two attached hydrogens (primary N) is 1. The number of carbonyl (C=O) groups excluding carboxylic acids is 3. The number of hydrogen-bond acceptors (Lipinski definition) is 7. The first-order valence-corrected chi connectivity index (χ1v) is 9.19. The zero-order chi connectivity index (χ0) is 20.2. The van der Waals surface area contributed by atoms with Gasteiger partial charge in [-0.2, -0.15) is 0 Å². The SMILES string of the molecule is NCN1CCN(C(=O)CNCCNCC#Cc2cccc([C-]=O)c2[C-]=O)CC1.[K+]. The standard InChI is InChI=1S/C20H25N5O3.K/c21-16-24-9-11-25(12-10-24)20(28)13-23-8-7-22-6-2-5-17-3-1-4-18(14-26)19(17)15-27;/h1,3-4,22-23H,6-13,16,21H2;/q-2;+1. The first-order chi connectivity index (χ1) is 13.7. The van der Waals surface area contributed by atoms with E-state index < -0.39 is 0 Å². The Hall–Kier alpha value is -0.934. The van der Waals surface area contributed by atoms with Crippen LogP contribution in [0.2, 0.25) is 0 Å². The van der Waals surface area contributed by atoms with E-state index in [1.807, 2.05) is 4.90 Å². The van der Waals surface area contributed by atoms with Crippen LogP contribution in [-0.4, -0.2) is 87.3 Å². The molecule has 8 nitrogen and oxygen atoms in total. The quantitative estimate of drug-likeness (QED) is 0.159. The fourth-order valence-electron chi connectivity index (χ4n) is 2.81. The van der Waals surface area contributed by atoms with Gasteiger partial charge in [0.05, 0.1) is 13.1 Å². The zero-order valence-corrected chi connectivity index (χ0v) is 19.9. The monoisotopic (exact) mass is 422 g/mol. The van der Waals surface area contributed by atoms with Crippen LogP contribution in [0.3, 0.4) is 0 Å². The minimum Gasteiger partial charge on any atom is -0.391 e. The molecule has 1 fully saturated rings. The normalized spacial score (nSPS) is 13.8. The molecule has 1 saturated heterocycles. The second-order valence-electron chi connectivity index (χ2n) is 6.27. The molecule has 2 rings (SSSR count). The van der Waals surface area contributed by atoms with Gasteiger partial charge >= 0.3 is 51.4 Å². The van der Waals surface area contributed by atoms with E-state index in [0.717, 1.165) is 26.2 Å². The van der Waals surface area contributed by atoms with E-state index in [2.05, 4.69) is 27.4 Å². The fourth-order valence-corrected chi connectivity index (χ4v) is 2.81. The summed E-state index contributed by atoms with van der Waals surface area (Å²) in [5, 5.41) is 6.25. The van der Waals surface area contributed by atoms with E-state index in [0.29, 0.717) is 38.4 Å². The summed E-state index contributed by atoms with van der Waals surface area (Å²) >= 11 is 0. The number of amides is 1. The predicted octanol–water partition coefficient (Wildman–Crippen LogP) is -4.80. The van der Waals surface area contributed by atoms with Crippen molar-refractivity contribution in [2.75, 3.05) is 59.0 Å². The topological polar surface area (TPSA) is 108 Å². The molecule has 0 saturated carbocycles. The molecule has 0 aliphatic carbocycles. The first-order valence-electron chi connectivity index (χ1n) is 9.19. The first kappa shape index (κ1) is 26.1. The Kier molecular flexibility index (Phi) is 13.5. The molecule has 1 heterocycles. The Morgan fingerprint density at radius 3 is 2.48 bits per heavy atom. The molecular formula is C20H25KN5O3-. The molecule has 0 spiro atoms. The molecule has 0 radical (unpaired) electrons. The summed E-state index contributed by atoms with van der Waals surface area (Å²) in [5.74, 6) is 5.85. The van der Waals surface area contributed by atoms with E-state index in [-0.39, 0.29) is 68.4 Å². The largest absolute Gasteiger partial charge is 1.00 e. The summed E-state index contributed by atoms with van der Waals surface area (Å²) in [7, 11) is 0. The van der Waals surface area contributed by atoms with Crippen molar-refractivity contribution in [3.8, 4) is 11.8 Å². The molecule has 1 amide bonds. The number of rotatable bonds is 9. The number of piperazine rings is 1. The van der Waals surface area contributed by atoms with Gasteiger partial charge in [-0.3, -0.25) is 15.3 Å². The summed E-state index contributed by atoms with van der Waals surface area (Å²) in [6.07, 6.45) is 3.44. The van der Waals surface area contributed by atoms with Gasteiger partial charge in [0.25, 0.3) is 0 Å². The third-order valence-corrected chi connectivity index (χ3v) is 4.45. The van der Waals surface area contributed by atoms with E-state index in [4.69, 9.17) is 5.73 Å². The molecule has 29 heavy (non-hydrogen) atoms. The fraction of sp³-hybridized carbons (Fsp3) is 0.450. The van der Waals surface area contributed by atoms with Gasteiger partial charge in [0.1, 0.15) is 0 Å². The Labute approximate surface area is 214 Å². The van der Waals surface area contributed by atoms with Crippen LogP contribution in [0.4, 0.5) is 0 Å². The molecule has 1 aliphatic heterocycles. The summed E-state index contributed by atoms with van der Waals surface area (Å²) in [5.41, 5.74) is 6.35. The second kappa shape index (κ2) is 15.0. The molecule has 0 aromatic heterocycles. The van der Waals surface area contributed by atoms with Gasteiger partial charge in [0.2, 0.25) is 5.91 Å². The van der Waals surface area contributed by atoms with Crippen LogP contribution in [0.5, 0.6) is 0 Å². The molecule has 1 aromatic rings. The molecule has 1 aliphatic rings. The van der Waals surface area contributed by atoms with Gasteiger partial charge in [0, 0.05) is 45.9 Å². The van der Waals surface area contributed by atoms with Gasteiger partial charge in [0.15, 0.2) is 0 Å². The zero-order valence-electron chi connectivity index (χ0n) is 16.8. The van der Waals surface area contributed by atoms with Crippen molar-refractivity contribution in [3.63, 3.8) is 0 Å². The van der Waals surface area contributed by atoms with E-state index >= 15 is 0 Å². The summed E-state index contributed by atoms with van der Waals surface area (Å²) in [4.78, 5) is 37.8. The van der Waals surface area contributed by atoms with Gasteiger partial charge < -0.3 is 30.9 Å². The number of benzene rings is 1. The predicted molar refractivity (Wildman–Crippen MR) is 106 cm³/mol. The third-order valence-electron chi connectivity index (χ3n) is 4.45. The van der Waals surface area contributed by atoms with Crippen molar-refractivity contribution in [2.24, 2.45) is 5.73 Å². The van der Waals surface area contributed by atoms with Crippen LogP contribution in [0.25, 0.3) is 0 Å². The van der Waals surface area contributed by atoms with Crippen LogP contribution in [0.15, 0.2) is 18.2 Å². The number of carbonyl (C=O) groups is 1. The molecule has 0 unspecified atom stereocenters. The summed E-state index contributed by atoms with van der Waals surface area (Å²) in [6.45, 7) is 5.62. The minimum absolute atomic E-state index is 0. The molecule has 9 heteroatoms. The molecule has 0 atom stereocenters. The smallest absolute Gasteiger partial charge is 0.391 e. The minimum atomic E-state index is 0. The van der Waals surface area contributed by atoms with Crippen molar-refractivity contribution in [1.29, 1.82) is 0 Å². The average Bonchev–Trinajstić information content (AvgIpc) is 2.75. The second-order valence-corrected chi connectivity index (χ2v) is 6.27. The van der Waals surface area contributed by atoms with Crippen molar-refractivity contribution in [3.05, 3.63) is 34.9 Å². The van der Waals surface area contributed by atoms with E-state index in [1.54, 1.807) is 24.7 Å². The summed E-state index contributed by atoms with van der Waals surface area (Å²) < 4.78 is 0.